The Hall–Kier alpha value is -2.82. The number of aryl methyl sites for hydroxylation is 3. The molecular formula is C26H22ClF. The van der Waals surface area contributed by atoms with E-state index < -0.39 is 5.82 Å². The predicted octanol–water partition coefficient (Wildman–Crippen LogP) is 6.78. The highest BCUT2D eigenvalue weighted by Crippen LogP contribution is 2.14. The second-order valence-electron chi connectivity index (χ2n) is 6.71. The maximum Gasteiger partial charge on any atom is 0.140 e. The molecule has 0 N–H and O–H groups in total. The van der Waals surface area contributed by atoms with E-state index in [2.05, 4.69) is 54.8 Å². The molecule has 2 heteroatoms. The molecule has 0 aromatic heterocycles. The van der Waals surface area contributed by atoms with E-state index in [0.29, 0.717) is 10.6 Å². The van der Waals surface area contributed by atoms with Crippen LogP contribution in [0.1, 0.15) is 34.2 Å². The molecule has 0 saturated heterocycles. The Morgan fingerprint density at radius 1 is 0.786 bits per heavy atom. The number of rotatable bonds is 6. The molecule has 3 aromatic carbocycles. The average Bonchev–Trinajstić information content (AvgIpc) is 2.71. The third-order valence-corrected chi connectivity index (χ3v) is 4.82. The van der Waals surface area contributed by atoms with Crippen LogP contribution in [0.5, 0.6) is 0 Å². The van der Waals surface area contributed by atoms with Crippen LogP contribution >= 0.6 is 11.6 Å². The molecule has 0 fully saturated rings. The van der Waals surface area contributed by atoms with Crippen molar-refractivity contribution in [2.45, 2.75) is 25.7 Å². The highest BCUT2D eigenvalue weighted by Gasteiger charge is 2.00. The molecular weight excluding hydrogens is 367 g/mol. The minimum atomic E-state index is -0.396. The number of halogens is 2. The summed E-state index contributed by atoms with van der Waals surface area (Å²) < 4.78 is 13.8. The molecule has 0 radical (unpaired) electrons. The van der Waals surface area contributed by atoms with Gasteiger partial charge in [-0.15, -0.1) is 6.58 Å². The largest absolute Gasteiger partial charge is 0.206 e. The van der Waals surface area contributed by atoms with E-state index in [1.807, 2.05) is 18.2 Å². The zero-order valence-electron chi connectivity index (χ0n) is 15.7. The third kappa shape index (κ3) is 5.84. The molecule has 0 atom stereocenters. The number of hydrogen-bond acceptors (Lipinski definition) is 0. The monoisotopic (exact) mass is 388 g/mol. The van der Waals surface area contributed by atoms with Gasteiger partial charge in [0, 0.05) is 10.6 Å². The molecule has 0 spiro atoms. The molecule has 140 valence electrons. The second-order valence-corrected chi connectivity index (χ2v) is 7.15. The van der Waals surface area contributed by atoms with Crippen LogP contribution in [0.3, 0.4) is 0 Å². The Labute approximate surface area is 171 Å². The summed E-state index contributed by atoms with van der Waals surface area (Å²) in [5, 5.41) is 0.374. The van der Waals surface area contributed by atoms with Crippen LogP contribution in [0.25, 0.3) is 0 Å². The van der Waals surface area contributed by atoms with Gasteiger partial charge in [-0.05, 0) is 72.7 Å². The van der Waals surface area contributed by atoms with E-state index in [-0.39, 0.29) is 0 Å². The van der Waals surface area contributed by atoms with E-state index in [1.165, 1.54) is 22.8 Å². The third-order valence-electron chi connectivity index (χ3n) is 4.59. The Balaban J connectivity index is 1.57. The molecule has 0 amide bonds. The summed E-state index contributed by atoms with van der Waals surface area (Å²) >= 11 is 5.76. The van der Waals surface area contributed by atoms with Crippen LogP contribution in [0, 0.1) is 17.7 Å². The van der Waals surface area contributed by atoms with Gasteiger partial charge in [-0.3, -0.25) is 0 Å². The van der Waals surface area contributed by atoms with Crippen LogP contribution in [-0.2, 0) is 19.3 Å². The Bertz CT molecular complexity index is 989. The predicted molar refractivity (Wildman–Crippen MR) is 116 cm³/mol. The number of allylic oxidation sites excluding steroid dienone is 1. The zero-order chi connectivity index (χ0) is 19.8. The lowest BCUT2D eigenvalue weighted by Crippen LogP contribution is -1.92. The molecule has 0 nitrogen and oxygen atoms in total. The summed E-state index contributed by atoms with van der Waals surface area (Å²) in [5.41, 5.74) is 5.17. The first kappa shape index (κ1) is 19.9. The SMILES string of the molecule is C=CCCc1ccc(CCc2ccc(C#Cc3ccc(Cl)cc3F)cc2)cc1. The molecule has 0 bridgehead atoms. The van der Waals surface area contributed by atoms with Gasteiger partial charge < -0.3 is 0 Å². The van der Waals surface area contributed by atoms with Gasteiger partial charge in [0.25, 0.3) is 0 Å². The Morgan fingerprint density at radius 3 is 1.93 bits per heavy atom. The lowest BCUT2D eigenvalue weighted by molar-refractivity contribution is 0.624. The lowest BCUT2D eigenvalue weighted by Gasteiger charge is -2.04. The van der Waals surface area contributed by atoms with E-state index in [0.717, 1.165) is 31.2 Å². The van der Waals surface area contributed by atoms with Crippen molar-refractivity contribution < 1.29 is 4.39 Å². The fraction of sp³-hybridized carbons (Fsp3) is 0.154. The molecule has 0 aliphatic carbocycles. The molecule has 0 unspecified atom stereocenters. The van der Waals surface area contributed by atoms with Crippen molar-refractivity contribution in [3.8, 4) is 11.8 Å². The summed E-state index contributed by atoms with van der Waals surface area (Å²) in [6, 6.07) is 21.5. The van der Waals surface area contributed by atoms with Crippen molar-refractivity contribution >= 4 is 11.6 Å². The summed E-state index contributed by atoms with van der Waals surface area (Å²) in [7, 11) is 0. The molecule has 3 aromatic rings. The van der Waals surface area contributed by atoms with E-state index in [1.54, 1.807) is 12.1 Å². The van der Waals surface area contributed by atoms with Gasteiger partial charge in [0.05, 0.1) is 5.56 Å². The van der Waals surface area contributed by atoms with E-state index in [9.17, 15) is 4.39 Å². The van der Waals surface area contributed by atoms with Crippen LogP contribution in [-0.4, -0.2) is 0 Å². The lowest BCUT2D eigenvalue weighted by atomic mass is 10.0. The van der Waals surface area contributed by atoms with Gasteiger partial charge in [0.15, 0.2) is 0 Å². The normalized spacial score (nSPS) is 10.2. The van der Waals surface area contributed by atoms with Gasteiger partial charge in [0.1, 0.15) is 5.82 Å². The summed E-state index contributed by atoms with van der Waals surface area (Å²) in [6.07, 6.45) is 5.99. The molecule has 0 aliphatic rings. The maximum absolute atomic E-state index is 13.8. The van der Waals surface area contributed by atoms with Crippen molar-refractivity contribution in [3.05, 3.63) is 118 Å². The highest BCUT2D eigenvalue weighted by atomic mass is 35.5. The smallest absolute Gasteiger partial charge is 0.140 e. The molecule has 0 saturated carbocycles. The van der Waals surface area contributed by atoms with Gasteiger partial charge in [-0.25, -0.2) is 4.39 Å². The first-order chi connectivity index (χ1) is 13.6. The number of benzene rings is 3. The topological polar surface area (TPSA) is 0 Å². The van der Waals surface area contributed by atoms with Crippen molar-refractivity contribution in [1.29, 1.82) is 0 Å². The van der Waals surface area contributed by atoms with Gasteiger partial charge in [-0.1, -0.05) is 65.9 Å². The van der Waals surface area contributed by atoms with E-state index >= 15 is 0 Å². The molecule has 0 aliphatic heterocycles. The van der Waals surface area contributed by atoms with E-state index in [4.69, 9.17) is 11.6 Å². The van der Waals surface area contributed by atoms with Crippen LogP contribution in [0.15, 0.2) is 79.4 Å². The molecule has 28 heavy (non-hydrogen) atoms. The van der Waals surface area contributed by atoms with Crippen LogP contribution in [0.2, 0.25) is 5.02 Å². The summed E-state index contributed by atoms with van der Waals surface area (Å²) in [4.78, 5) is 0. The van der Waals surface area contributed by atoms with Crippen molar-refractivity contribution in [1.82, 2.24) is 0 Å². The highest BCUT2D eigenvalue weighted by molar-refractivity contribution is 6.30. The van der Waals surface area contributed by atoms with Crippen molar-refractivity contribution in [2.24, 2.45) is 0 Å². The average molecular weight is 389 g/mol. The van der Waals surface area contributed by atoms with Gasteiger partial charge in [0.2, 0.25) is 0 Å². The fourth-order valence-electron chi connectivity index (χ4n) is 2.92. The number of hydrogen-bond donors (Lipinski definition) is 0. The maximum atomic E-state index is 13.8. The Morgan fingerprint density at radius 2 is 1.36 bits per heavy atom. The summed E-state index contributed by atoms with van der Waals surface area (Å²) in [5.74, 6) is 5.47. The zero-order valence-corrected chi connectivity index (χ0v) is 16.5. The van der Waals surface area contributed by atoms with Crippen LogP contribution < -0.4 is 0 Å². The molecule has 3 rings (SSSR count). The second kappa shape index (κ2) is 9.93. The van der Waals surface area contributed by atoms with Crippen molar-refractivity contribution in [2.75, 3.05) is 0 Å². The fourth-order valence-corrected chi connectivity index (χ4v) is 3.07. The van der Waals surface area contributed by atoms with Gasteiger partial charge >= 0.3 is 0 Å². The Kier molecular flexibility index (Phi) is 7.06. The van der Waals surface area contributed by atoms with Crippen molar-refractivity contribution in [3.63, 3.8) is 0 Å². The van der Waals surface area contributed by atoms with Crippen LogP contribution in [0.4, 0.5) is 4.39 Å². The first-order valence-corrected chi connectivity index (χ1v) is 9.76. The van der Waals surface area contributed by atoms with Gasteiger partial charge in [-0.2, -0.15) is 0 Å². The first-order valence-electron chi connectivity index (χ1n) is 9.39. The summed E-state index contributed by atoms with van der Waals surface area (Å²) in [6.45, 7) is 3.77. The standard InChI is InChI=1S/C26H22ClF/c1-2-3-4-20-5-7-21(8-6-20)9-10-22-11-13-23(14-12-22)15-16-24-17-18-25(27)19-26(24)28/h2,5-8,11-14,17-19H,1,3-4,9-10H2. The minimum Gasteiger partial charge on any atom is -0.206 e. The minimum absolute atomic E-state index is 0.352. The molecule has 0 heterocycles. The quantitative estimate of drug-likeness (QED) is 0.322.